The van der Waals surface area contributed by atoms with Gasteiger partial charge in [0.25, 0.3) is 11.5 Å². The zero-order valence-electron chi connectivity index (χ0n) is 17.2. The molecule has 1 heterocycles. The van der Waals surface area contributed by atoms with Gasteiger partial charge in [0.2, 0.25) is 0 Å². The van der Waals surface area contributed by atoms with E-state index in [0.717, 1.165) is 15.6 Å². The fraction of sp³-hybridized carbons (Fsp3) is 0.0833. The third-order valence-electron chi connectivity index (χ3n) is 4.67. The fourth-order valence-electron chi connectivity index (χ4n) is 3.05. The number of hydrogen-bond donors (Lipinski definition) is 1. The van der Waals surface area contributed by atoms with E-state index in [1.165, 1.54) is 11.8 Å². The Kier molecular flexibility index (Phi) is 6.82. The van der Waals surface area contributed by atoms with E-state index in [-0.39, 0.29) is 17.2 Å². The van der Waals surface area contributed by atoms with Crippen molar-refractivity contribution in [3.05, 3.63) is 98.7 Å². The van der Waals surface area contributed by atoms with E-state index in [1.807, 2.05) is 67.6 Å². The topological polar surface area (TPSA) is 76.3 Å². The van der Waals surface area contributed by atoms with E-state index >= 15 is 0 Å². The van der Waals surface area contributed by atoms with Gasteiger partial charge in [0.05, 0.1) is 28.6 Å². The van der Waals surface area contributed by atoms with Crippen molar-refractivity contribution in [1.82, 2.24) is 15.0 Å². The highest BCUT2D eigenvalue weighted by molar-refractivity contribution is 9.10. The van der Waals surface area contributed by atoms with Gasteiger partial charge >= 0.3 is 0 Å². The molecule has 0 unspecified atom stereocenters. The molecule has 0 aliphatic heterocycles. The van der Waals surface area contributed by atoms with Crippen LogP contribution in [0.15, 0.2) is 92.3 Å². The second-order valence-corrected chi connectivity index (χ2v) is 8.79. The van der Waals surface area contributed by atoms with Gasteiger partial charge in [-0.05, 0) is 37.3 Å². The van der Waals surface area contributed by atoms with Crippen molar-refractivity contribution < 1.29 is 4.79 Å². The highest BCUT2D eigenvalue weighted by atomic mass is 79.9. The Bertz CT molecular complexity index is 1370. The van der Waals surface area contributed by atoms with Crippen LogP contribution in [-0.4, -0.2) is 27.4 Å². The number of nitrogens with one attached hydrogen (secondary N) is 1. The number of carbonyl (C=O) groups excluding carboxylic acids is 1. The first kappa shape index (κ1) is 22.0. The van der Waals surface area contributed by atoms with Crippen LogP contribution in [0.2, 0.25) is 0 Å². The smallest absolute Gasteiger partial charge is 0.266 e. The third kappa shape index (κ3) is 4.98. The summed E-state index contributed by atoms with van der Waals surface area (Å²) in [6, 6.07) is 22.4. The Morgan fingerprint density at radius 3 is 2.59 bits per heavy atom. The van der Waals surface area contributed by atoms with Crippen LogP contribution in [0.3, 0.4) is 0 Å². The molecule has 4 rings (SSSR count). The van der Waals surface area contributed by atoms with Gasteiger partial charge in [-0.2, -0.15) is 5.10 Å². The van der Waals surface area contributed by atoms with Crippen LogP contribution in [0, 0.1) is 6.92 Å². The lowest BCUT2D eigenvalue weighted by molar-refractivity contribution is -0.118. The minimum Gasteiger partial charge on any atom is -0.272 e. The maximum Gasteiger partial charge on any atom is 0.266 e. The first-order valence-electron chi connectivity index (χ1n) is 9.81. The molecule has 0 saturated heterocycles. The highest BCUT2D eigenvalue weighted by Gasteiger charge is 2.14. The Morgan fingerprint density at radius 1 is 1.09 bits per heavy atom. The Balaban J connectivity index is 1.57. The summed E-state index contributed by atoms with van der Waals surface area (Å²) >= 11 is 4.63. The summed E-state index contributed by atoms with van der Waals surface area (Å²) in [5, 5.41) is 4.99. The molecule has 3 aromatic carbocycles. The molecule has 4 aromatic rings. The summed E-state index contributed by atoms with van der Waals surface area (Å²) in [5.41, 5.74) is 5.59. The molecule has 1 aromatic heterocycles. The number of amides is 1. The van der Waals surface area contributed by atoms with E-state index in [4.69, 9.17) is 0 Å². The van der Waals surface area contributed by atoms with E-state index in [9.17, 15) is 9.59 Å². The van der Waals surface area contributed by atoms with Crippen molar-refractivity contribution in [1.29, 1.82) is 0 Å². The lowest BCUT2D eigenvalue weighted by Crippen LogP contribution is -2.24. The van der Waals surface area contributed by atoms with Crippen LogP contribution in [0.25, 0.3) is 16.6 Å². The van der Waals surface area contributed by atoms with Crippen molar-refractivity contribution in [2.24, 2.45) is 5.10 Å². The highest BCUT2D eigenvalue weighted by Crippen LogP contribution is 2.21. The molecule has 0 fully saturated rings. The zero-order valence-corrected chi connectivity index (χ0v) is 19.6. The standard InChI is InChI=1S/C24H19BrN4O2S/c1-16-10-12-18(13-11-16)29-23(31)19-7-3-5-9-21(19)27-24(29)32-15-22(30)28-26-14-17-6-2-4-8-20(17)25/h2-14H,15H2,1H3,(H,28,30)/b26-14-. The summed E-state index contributed by atoms with van der Waals surface area (Å²) < 4.78 is 2.43. The second-order valence-electron chi connectivity index (χ2n) is 6.99. The number of hydrazone groups is 1. The number of carbonyl (C=O) groups is 1. The molecule has 0 bridgehead atoms. The number of para-hydroxylation sites is 1. The summed E-state index contributed by atoms with van der Waals surface area (Å²) in [6.07, 6.45) is 1.57. The molecule has 160 valence electrons. The van der Waals surface area contributed by atoms with Gasteiger partial charge in [-0.1, -0.05) is 75.7 Å². The molecule has 0 radical (unpaired) electrons. The van der Waals surface area contributed by atoms with Crippen LogP contribution in [-0.2, 0) is 4.79 Å². The maximum absolute atomic E-state index is 13.2. The quantitative estimate of drug-likeness (QED) is 0.178. The molecule has 0 saturated carbocycles. The molecule has 6 nitrogen and oxygen atoms in total. The monoisotopic (exact) mass is 506 g/mol. The van der Waals surface area contributed by atoms with Crippen molar-refractivity contribution in [2.45, 2.75) is 12.1 Å². The Morgan fingerprint density at radius 2 is 1.81 bits per heavy atom. The van der Waals surface area contributed by atoms with Gasteiger partial charge in [-0.25, -0.2) is 10.4 Å². The van der Waals surface area contributed by atoms with Crippen LogP contribution in [0.5, 0.6) is 0 Å². The average Bonchev–Trinajstić information content (AvgIpc) is 2.80. The summed E-state index contributed by atoms with van der Waals surface area (Å²) in [6.45, 7) is 1.99. The molecule has 0 aliphatic rings. The summed E-state index contributed by atoms with van der Waals surface area (Å²) in [5.74, 6) is -0.236. The molecular weight excluding hydrogens is 488 g/mol. The number of fused-ring (bicyclic) bond motifs is 1. The molecule has 1 amide bonds. The predicted octanol–water partition coefficient (Wildman–Crippen LogP) is 4.70. The number of nitrogens with zero attached hydrogens (tertiary/aromatic N) is 3. The molecule has 0 atom stereocenters. The number of halogens is 1. The minimum absolute atomic E-state index is 0.0595. The number of aromatic nitrogens is 2. The normalized spacial score (nSPS) is 11.2. The van der Waals surface area contributed by atoms with Gasteiger partial charge in [0.15, 0.2) is 5.16 Å². The number of thioether (sulfide) groups is 1. The summed E-state index contributed by atoms with van der Waals surface area (Å²) in [7, 11) is 0. The van der Waals surface area contributed by atoms with Crippen molar-refractivity contribution in [3.8, 4) is 5.69 Å². The van der Waals surface area contributed by atoms with Crippen molar-refractivity contribution in [2.75, 3.05) is 5.75 Å². The first-order chi connectivity index (χ1) is 15.5. The zero-order chi connectivity index (χ0) is 22.5. The SMILES string of the molecule is Cc1ccc(-n2c(SCC(=O)N/N=C\c3ccccc3Br)nc3ccccc3c2=O)cc1. The molecule has 0 aliphatic carbocycles. The third-order valence-corrected chi connectivity index (χ3v) is 6.33. The Hall–Kier alpha value is -3.23. The number of rotatable bonds is 6. The van der Waals surface area contributed by atoms with Crippen LogP contribution < -0.4 is 11.0 Å². The summed E-state index contributed by atoms with van der Waals surface area (Å²) in [4.78, 5) is 30.2. The molecule has 0 spiro atoms. The molecular formula is C24H19BrN4O2S. The van der Waals surface area contributed by atoms with Gasteiger partial charge in [-0.15, -0.1) is 0 Å². The predicted molar refractivity (Wildman–Crippen MR) is 133 cm³/mol. The van der Waals surface area contributed by atoms with E-state index < -0.39 is 0 Å². The number of benzene rings is 3. The second kappa shape index (κ2) is 9.93. The lowest BCUT2D eigenvalue weighted by Gasteiger charge is -2.13. The van der Waals surface area contributed by atoms with E-state index in [2.05, 4.69) is 31.4 Å². The Labute approximate surface area is 197 Å². The van der Waals surface area contributed by atoms with E-state index in [0.29, 0.717) is 21.7 Å². The van der Waals surface area contributed by atoms with Crippen LogP contribution >= 0.6 is 27.7 Å². The van der Waals surface area contributed by atoms with Gasteiger partial charge < -0.3 is 0 Å². The molecule has 32 heavy (non-hydrogen) atoms. The minimum atomic E-state index is -0.295. The number of hydrogen-bond acceptors (Lipinski definition) is 5. The molecule has 8 heteroatoms. The fourth-order valence-corrected chi connectivity index (χ4v) is 4.24. The van der Waals surface area contributed by atoms with Crippen LogP contribution in [0.4, 0.5) is 0 Å². The van der Waals surface area contributed by atoms with Gasteiger partial charge in [0.1, 0.15) is 0 Å². The maximum atomic E-state index is 13.2. The van der Waals surface area contributed by atoms with Crippen LogP contribution in [0.1, 0.15) is 11.1 Å². The lowest BCUT2D eigenvalue weighted by atomic mass is 10.2. The van der Waals surface area contributed by atoms with Crippen molar-refractivity contribution in [3.63, 3.8) is 0 Å². The van der Waals surface area contributed by atoms with Crippen molar-refractivity contribution >= 4 is 50.7 Å². The first-order valence-corrected chi connectivity index (χ1v) is 11.6. The number of aryl methyl sites for hydroxylation is 1. The van der Waals surface area contributed by atoms with Gasteiger partial charge in [-0.3, -0.25) is 14.2 Å². The van der Waals surface area contributed by atoms with Gasteiger partial charge in [0, 0.05) is 10.0 Å². The average molecular weight is 507 g/mol. The molecule has 1 N–H and O–H groups in total. The largest absolute Gasteiger partial charge is 0.272 e. The van der Waals surface area contributed by atoms with E-state index in [1.54, 1.807) is 22.9 Å².